The SMILES string of the molecule is COC(=O)c1cc(C(=O)Nc2ccc(N3CCCC3=O)cc2)cc([N+](=O)[O-])c1. The number of non-ortho nitro benzene ring substituents is 1. The summed E-state index contributed by atoms with van der Waals surface area (Å²) in [4.78, 5) is 48.0. The lowest BCUT2D eigenvalue weighted by molar-refractivity contribution is -0.384. The molecule has 1 heterocycles. The van der Waals surface area contributed by atoms with Gasteiger partial charge in [0.25, 0.3) is 11.6 Å². The van der Waals surface area contributed by atoms with Crippen molar-refractivity contribution in [2.24, 2.45) is 0 Å². The van der Waals surface area contributed by atoms with Gasteiger partial charge in [0.1, 0.15) is 0 Å². The third-order valence-electron chi connectivity index (χ3n) is 4.32. The summed E-state index contributed by atoms with van der Waals surface area (Å²) in [7, 11) is 1.15. The molecule has 1 saturated heterocycles. The zero-order chi connectivity index (χ0) is 20.3. The smallest absolute Gasteiger partial charge is 0.338 e. The molecule has 0 bridgehead atoms. The minimum Gasteiger partial charge on any atom is -0.465 e. The molecule has 0 unspecified atom stereocenters. The maximum absolute atomic E-state index is 12.5. The number of nitrogens with one attached hydrogen (secondary N) is 1. The van der Waals surface area contributed by atoms with E-state index in [-0.39, 0.29) is 17.0 Å². The van der Waals surface area contributed by atoms with Gasteiger partial charge in [0, 0.05) is 42.0 Å². The summed E-state index contributed by atoms with van der Waals surface area (Å²) >= 11 is 0. The molecule has 2 aromatic carbocycles. The number of nitro groups is 1. The van der Waals surface area contributed by atoms with Crippen molar-refractivity contribution in [3.05, 3.63) is 63.7 Å². The van der Waals surface area contributed by atoms with Gasteiger partial charge in [0.05, 0.1) is 17.6 Å². The van der Waals surface area contributed by atoms with Crippen molar-refractivity contribution in [2.45, 2.75) is 12.8 Å². The molecule has 0 radical (unpaired) electrons. The molecule has 28 heavy (non-hydrogen) atoms. The summed E-state index contributed by atoms with van der Waals surface area (Å²) < 4.78 is 4.57. The number of benzene rings is 2. The second-order valence-electron chi connectivity index (χ2n) is 6.17. The van der Waals surface area contributed by atoms with Crippen LogP contribution in [0, 0.1) is 10.1 Å². The fourth-order valence-corrected chi connectivity index (χ4v) is 2.93. The average molecular weight is 383 g/mol. The number of methoxy groups -OCH3 is 1. The van der Waals surface area contributed by atoms with Gasteiger partial charge in [0.2, 0.25) is 5.91 Å². The minimum atomic E-state index is -0.780. The van der Waals surface area contributed by atoms with E-state index >= 15 is 0 Å². The number of hydrogen-bond acceptors (Lipinski definition) is 6. The predicted molar refractivity (Wildman–Crippen MR) is 100 cm³/mol. The Hall–Kier alpha value is -3.75. The first-order valence-electron chi connectivity index (χ1n) is 8.48. The molecule has 2 amide bonds. The maximum atomic E-state index is 12.5. The summed E-state index contributed by atoms with van der Waals surface area (Å²) in [6.07, 6.45) is 1.33. The molecule has 1 fully saturated rings. The third-order valence-corrected chi connectivity index (χ3v) is 4.32. The summed E-state index contributed by atoms with van der Waals surface area (Å²) in [5, 5.41) is 13.7. The van der Waals surface area contributed by atoms with Crippen molar-refractivity contribution < 1.29 is 24.0 Å². The van der Waals surface area contributed by atoms with Crippen molar-refractivity contribution in [1.29, 1.82) is 0 Å². The number of anilines is 2. The average Bonchev–Trinajstić information content (AvgIpc) is 3.13. The highest BCUT2D eigenvalue weighted by molar-refractivity contribution is 6.06. The Morgan fingerprint density at radius 2 is 1.82 bits per heavy atom. The molecule has 144 valence electrons. The van der Waals surface area contributed by atoms with Crippen LogP contribution in [0.3, 0.4) is 0 Å². The lowest BCUT2D eigenvalue weighted by Gasteiger charge is -2.16. The van der Waals surface area contributed by atoms with Crippen LogP contribution in [-0.4, -0.2) is 36.4 Å². The van der Waals surface area contributed by atoms with Gasteiger partial charge >= 0.3 is 5.97 Å². The van der Waals surface area contributed by atoms with Crippen LogP contribution in [-0.2, 0) is 9.53 Å². The van der Waals surface area contributed by atoms with E-state index in [0.29, 0.717) is 18.7 Å². The quantitative estimate of drug-likeness (QED) is 0.482. The fourth-order valence-electron chi connectivity index (χ4n) is 2.93. The van der Waals surface area contributed by atoms with Gasteiger partial charge in [-0.25, -0.2) is 4.79 Å². The Morgan fingerprint density at radius 3 is 2.39 bits per heavy atom. The highest BCUT2D eigenvalue weighted by Gasteiger charge is 2.22. The van der Waals surface area contributed by atoms with Crippen LogP contribution in [0.1, 0.15) is 33.6 Å². The van der Waals surface area contributed by atoms with Gasteiger partial charge in [-0.1, -0.05) is 0 Å². The molecule has 3 rings (SSSR count). The molecule has 0 atom stereocenters. The summed E-state index contributed by atoms with van der Waals surface area (Å²) in [5.74, 6) is -1.33. The van der Waals surface area contributed by atoms with E-state index in [0.717, 1.165) is 31.4 Å². The van der Waals surface area contributed by atoms with Crippen molar-refractivity contribution in [3.63, 3.8) is 0 Å². The Bertz CT molecular complexity index is 955. The largest absolute Gasteiger partial charge is 0.465 e. The van der Waals surface area contributed by atoms with Crippen molar-refractivity contribution >= 4 is 34.8 Å². The minimum absolute atomic E-state index is 0.0478. The highest BCUT2D eigenvalue weighted by atomic mass is 16.6. The van der Waals surface area contributed by atoms with Crippen LogP contribution in [0.2, 0.25) is 0 Å². The Morgan fingerprint density at radius 1 is 1.14 bits per heavy atom. The molecule has 0 aliphatic carbocycles. The second kappa shape index (κ2) is 7.87. The van der Waals surface area contributed by atoms with E-state index < -0.39 is 22.5 Å². The molecule has 1 aliphatic heterocycles. The predicted octanol–water partition coefficient (Wildman–Crippen LogP) is 2.76. The molecular weight excluding hydrogens is 366 g/mol. The van der Waals surface area contributed by atoms with Gasteiger partial charge < -0.3 is 15.0 Å². The second-order valence-corrected chi connectivity index (χ2v) is 6.17. The molecule has 0 aromatic heterocycles. The lowest BCUT2D eigenvalue weighted by Crippen LogP contribution is -2.23. The third kappa shape index (κ3) is 3.98. The lowest BCUT2D eigenvalue weighted by atomic mass is 10.1. The number of nitrogens with zero attached hydrogens (tertiary/aromatic N) is 2. The van der Waals surface area contributed by atoms with Crippen LogP contribution < -0.4 is 10.2 Å². The van der Waals surface area contributed by atoms with E-state index in [4.69, 9.17) is 0 Å². The van der Waals surface area contributed by atoms with E-state index in [2.05, 4.69) is 10.1 Å². The fraction of sp³-hybridized carbons (Fsp3) is 0.211. The van der Waals surface area contributed by atoms with Crippen LogP contribution in [0.4, 0.5) is 17.1 Å². The number of carbonyl (C=O) groups is 3. The molecule has 9 nitrogen and oxygen atoms in total. The normalized spacial score (nSPS) is 13.3. The van der Waals surface area contributed by atoms with Gasteiger partial charge in [-0.3, -0.25) is 19.7 Å². The van der Waals surface area contributed by atoms with Gasteiger partial charge in [0.15, 0.2) is 0 Å². The number of amides is 2. The number of rotatable bonds is 5. The number of carbonyl (C=O) groups excluding carboxylic acids is 3. The molecule has 0 saturated carbocycles. The monoisotopic (exact) mass is 383 g/mol. The van der Waals surface area contributed by atoms with Gasteiger partial charge in [-0.15, -0.1) is 0 Å². The summed E-state index contributed by atoms with van der Waals surface area (Å²) in [5.41, 5.74) is 0.657. The molecular formula is C19H17N3O6. The van der Waals surface area contributed by atoms with E-state index in [1.807, 2.05) is 0 Å². The zero-order valence-corrected chi connectivity index (χ0v) is 15.0. The Labute approximate surface area is 160 Å². The van der Waals surface area contributed by atoms with Crippen molar-refractivity contribution in [1.82, 2.24) is 0 Å². The topological polar surface area (TPSA) is 119 Å². The van der Waals surface area contributed by atoms with Gasteiger partial charge in [-0.2, -0.15) is 0 Å². The number of ether oxygens (including phenoxy) is 1. The molecule has 1 N–H and O–H groups in total. The first-order valence-corrected chi connectivity index (χ1v) is 8.48. The molecule has 9 heteroatoms. The summed E-state index contributed by atoms with van der Waals surface area (Å²) in [6, 6.07) is 10.1. The molecule has 0 spiro atoms. The highest BCUT2D eigenvalue weighted by Crippen LogP contribution is 2.24. The Balaban J connectivity index is 1.80. The molecule has 1 aliphatic rings. The van der Waals surface area contributed by atoms with E-state index in [1.165, 1.54) is 6.07 Å². The van der Waals surface area contributed by atoms with E-state index in [9.17, 15) is 24.5 Å². The first-order chi connectivity index (χ1) is 13.4. The van der Waals surface area contributed by atoms with Crippen LogP contribution >= 0.6 is 0 Å². The Kier molecular flexibility index (Phi) is 5.35. The molecule has 2 aromatic rings. The summed E-state index contributed by atoms with van der Waals surface area (Å²) in [6.45, 7) is 0.661. The van der Waals surface area contributed by atoms with Crippen molar-refractivity contribution in [2.75, 3.05) is 23.9 Å². The number of nitro benzene ring substituents is 1. The maximum Gasteiger partial charge on any atom is 0.338 e. The van der Waals surface area contributed by atoms with Gasteiger partial charge in [-0.05, 0) is 36.8 Å². The number of hydrogen-bond donors (Lipinski definition) is 1. The first kappa shape index (κ1) is 19.0. The van der Waals surface area contributed by atoms with Crippen LogP contribution in [0.15, 0.2) is 42.5 Å². The standard InChI is InChI=1S/C19H17N3O6/c1-28-19(25)13-9-12(10-16(11-13)22(26)27)18(24)20-14-4-6-15(7-5-14)21-8-2-3-17(21)23/h4-7,9-11H,2-3,8H2,1H3,(H,20,24). The number of esters is 1. The van der Waals surface area contributed by atoms with Crippen LogP contribution in [0.25, 0.3) is 0 Å². The van der Waals surface area contributed by atoms with E-state index in [1.54, 1.807) is 29.2 Å². The zero-order valence-electron chi connectivity index (χ0n) is 15.0. The van der Waals surface area contributed by atoms with Crippen LogP contribution in [0.5, 0.6) is 0 Å². The van der Waals surface area contributed by atoms with Crippen molar-refractivity contribution in [3.8, 4) is 0 Å².